The van der Waals surface area contributed by atoms with Crippen LogP contribution in [0.4, 0.5) is 5.69 Å². The first-order chi connectivity index (χ1) is 8.13. The molecule has 1 amide bonds. The van der Waals surface area contributed by atoms with Crippen LogP contribution in [0.25, 0.3) is 5.69 Å². The number of nitrogens with one attached hydrogen (secondary N) is 1. The zero-order valence-electron chi connectivity index (χ0n) is 9.77. The first-order valence-electron chi connectivity index (χ1n) is 5.25. The van der Waals surface area contributed by atoms with Crippen molar-refractivity contribution in [3.05, 3.63) is 42.0 Å². The third-order valence-electron chi connectivity index (χ3n) is 2.60. The van der Waals surface area contributed by atoms with Gasteiger partial charge in [-0.15, -0.1) is 0 Å². The van der Waals surface area contributed by atoms with Crippen molar-refractivity contribution in [3.8, 4) is 5.69 Å². The number of nitrogens with two attached hydrogens (primary N) is 1. The van der Waals surface area contributed by atoms with Gasteiger partial charge in [0, 0.05) is 25.0 Å². The highest BCUT2D eigenvalue weighted by atomic mass is 16.1. The highest BCUT2D eigenvalue weighted by Gasteiger charge is 2.09. The highest BCUT2D eigenvalue weighted by molar-refractivity contribution is 5.95. The van der Waals surface area contributed by atoms with Crippen LogP contribution in [-0.2, 0) is 0 Å². The first kappa shape index (κ1) is 11.2. The molecule has 88 valence electrons. The predicted octanol–water partition coefficient (Wildman–Crippen LogP) is 1.12. The van der Waals surface area contributed by atoms with E-state index in [4.69, 9.17) is 5.73 Å². The van der Waals surface area contributed by atoms with Crippen molar-refractivity contribution in [2.45, 2.75) is 6.92 Å². The Morgan fingerprint density at radius 1 is 1.47 bits per heavy atom. The minimum absolute atomic E-state index is 0.135. The van der Waals surface area contributed by atoms with E-state index >= 15 is 0 Å². The quantitative estimate of drug-likeness (QED) is 0.759. The Balaban J connectivity index is 2.54. The number of imidazole rings is 1. The van der Waals surface area contributed by atoms with Crippen LogP contribution in [0.15, 0.2) is 30.6 Å². The SMILES string of the molecule is CNC(=O)c1ccc(N)c(-n2ccnc2C)c1. The Hall–Kier alpha value is -2.30. The summed E-state index contributed by atoms with van der Waals surface area (Å²) in [5.41, 5.74) is 7.86. The summed E-state index contributed by atoms with van der Waals surface area (Å²) in [7, 11) is 1.60. The molecule has 17 heavy (non-hydrogen) atoms. The number of nitrogens with zero attached hydrogens (tertiary/aromatic N) is 2. The van der Waals surface area contributed by atoms with Gasteiger partial charge < -0.3 is 15.6 Å². The number of aryl methyl sites for hydroxylation is 1. The summed E-state index contributed by atoms with van der Waals surface area (Å²) in [6, 6.07) is 5.17. The van der Waals surface area contributed by atoms with Gasteiger partial charge in [-0.3, -0.25) is 4.79 Å². The van der Waals surface area contributed by atoms with E-state index in [9.17, 15) is 4.79 Å². The lowest BCUT2D eigenvalue weighted by atomic mass is 10.1. The normalized spacial score (nSPS) is 10.2. The zero-order valence-corrected chi connectivity index (χ0v) is 9.77. The number of carbonyl (C=O) groups is 1. The molecule has 1 heterocycles. The molecule has 2 aromatic rings. The van der Waals surface area contributed by atoms with Crippen LogP contribution in [0.1, 0.15) is 16.2 Å². The second-order valence-electron chi connectivity index (χ2n) is 3.70. The number of hydrogen-bond donors (Lipinski definition) is 2. The first-order valence-corrected chi connectivity index (χ1v) is 5.25. The summed E-state index contributed by atoms with van der Waals surface area (Å²) in [5.74, 6) is 0.690. The van der Waals surface area contributed by atoms with E-state index in [-0.39, 0.29) is 5.91 Å². The number of carbonyl (C=O) groups excluding carboxylic acids is 1. The standard InChI is InChI=1S/C12H14N4O/c1-8-15-5-6-16(8)11-7-9(12(17)14-2)3-4-10(11)13/h3-7H,13H2,1-2H3,(H,14,17). The van der Waals surface area contributed by atoms with E-state index in [1.807, 2.05) is 17.7 Å². The summed E-state index contributed by atoms with van der Waals surface area (Å²) in [6.45, 7) is 1.88. The summed E-state index contributed by atoms with van der Waals surface area (Å²) in [6.07, 6.45) is 3.51. The Bertz CT molecular complexity index is 559. The molecule has 3 N–H and O–H groups in total. The third kappa shape index (κ3) is 1.99. The van der Waals surface area contributed by atoms with E-state index in [0.29, 0.717) is 11.3 Å². The van der Waals surface area contributed by atoms with Crippen molar-refractivity contribution in [2.75, 3.05) is 12.8 Å². The summed E-state index contributed by atoms with van der Waals surface area (Å²) in [5, 5.41) is 2.58. The van der Waals surface area contributed by atoms with Gasteiger partial charge in [0.2, 0.25) is 0 Å². The van der Waals surface area contributed by atoms with Gasteiger partial charge in [-0.05, 0) is 25.1 Å². The summed E-state index contributed by atoms with van der Waals surface area (Å²) >= 11 is 0. The molecule has 1 aromatic heterocycles. The van der Waals surface area contributed by atoms with E-state index in [2.05, 4.69) is 10.3 Å². The maximum Gasteiger partial charge on any atom is 0.251 e. The fraction of sp³-hybridized carbons (Fsp3) is 0.167. The molecule has 0 atom stereocenters. The number of benzene rings is 1. The van der Waals surface area contributed by atoms with Crippen molar-refractivity contribution in [1.82, 2.24) is 14.9 Å². The van der Waals surface area contributed by atoms with Crippen LogP contribution in [0.3, 0.4) is 0 Å². The van der Waals surface area contributed by atoms with Crippen molar-refractivity contribution < 1.29 is 4.79 Å². The molecule has 5 nitrogen and oxygen atoms in total. The van der Waals surface area contributed by atoms with Gasteiger partial charge in [0.1, 0.15) is 5.82 Å². The van der Waals surface area contributed by atoms with Crippen molar-refractivity contribution >= 4 is 11.6 Å². The molecule has 0 bridgehead atoms. The second kappa shape index (κ2) is 4.29. The lowest BCUT2D eigenvalue weighted by Crippen LogP contribution is -2.18. The van der Waals surface area contributed by atoms with Crippen molar-refractivity contribution in [1.29, 1.82) is 0 Å². The Kier molecular flexibility index (Phi) is 2.82. The molecule has 0 aliphatic heterocycles. The molecule has 1 aromatic carbocycles. The molecule has 0 saturated heterocycles. The smallest absolute Gasteiger partial charge is 0.251 e. The van der Waals surface area contributed by atoms with E-state index in [1.165, 1.54) is 0 Å². The summed E-state index contributed by atoms with van der Waals surface area (Å²) < 4.78 is 1.85. The van der Waals surface area contributed by atoms with Crippen LogP contribution >= 0.6 is 0 Å². The van der Waals surface area contributed by atoms with Gasteiger partial charge in [-0.25, -0.2) is 4.98 Å². The Morgan fingerprint density at radius 3 is 2.82 bits per heavy atom. The Labute approximate surface area is 99.3 Å². The number of anilines is 1. The lowest BCUT2D eigenvalue weighted by Gasteiger charge is -2.10. The predicted molar refractivity (Wildman–Crippen MR) is 66.1 cm³/mol. The fourth-order valence-electron chi connectivity index (χ4n) is 1.67. The van der Waals surface area contributed by atoms with E-state index < -0.39 is 0 Å². The van der Waals surface area contributed by atoms with Crippen molar-refractivity contribution in [2.24, 2.45) is 0 Å². The number of hydrogen-bond acceptors (Lipinski definition) is 3. The van der Waals surface area contributed by atoms with Crippen LogP contribution in [0.5, 0.6) is 0 Å². The van der Waals surface area contributed by atoms with E-state index in [0.717, 1.165) is 11.5 Å². The van der Waals surface area contributed by atoms with Crippen LogP contribution in [0, 0.1) is 6.92 Å². The molecule has 0 aliphatic carbocycles. The third-order valence-corrected chi connectivity index (χ3v) is 2.60. The van der Waals surface area contributed by atoms with Gasteiger partial charge in [-0.2, -0.15) is 0 Å². The zero-order chi connectivity index (χ0) is 12.4. The van der Waals surface area contributed by atoms with Crippen LogP contribution in [-0.4, -0.2) is 22.5 Å². The van der Waals surface area contributed by atoms with Gasteiger partial charge in [0.05, 0.1) is 11.4 Å². The van der Waals surface area contributed by atoms with Gasteiger partial charge in [0.25, 0.3) is 5.91 Å². The molecular formula is C12H14N4O. The Morgan fingerprint density at radius 2 is 2.24 bits per heavy atom. The largest absolute Gasteiger partial charge is 0.397 e. The molecule has 0 unspecified atom stereocenters. The molecule has 0 fully saturated rings. The maximum atomic E-state index is 11.6. The molecule has 0 spiro atoms. The number of rotatable bonds is 2. The second-order valence-corrected chi connectivity index (χ2v) is 3.70. The topological polar surface area (TPSA) is 72.9 Å². The average molecular weight is 230 g/mol. The van der Waals surface area contributed by atoms with Gasteiger partial charge in [-0.1, -0.05) is 0 Å². The monoisotopic (exact) mass is 230 g/mol. The number of aromatic nitrogens is 2. The van der Waals surface area contributed by atoms with Crippen LogP contribution in [0.2, 0.25) is 0 Å². The fourth-order valence-corrected chi connectivity index (χ4v) is 1.67. The lowest BCUT2D eigenvalue weighted by molar-refractivity contribution is 0.0963. The molecule has 0 saturated carbocycles. The number of amides is 1. The summed E-state index contributed by atoms with van der Waals surface area (Å²) in [4.78, 5) is 15.7. The molecule has 2 rings (SSSR count). The minimum Gasteiger partial charge on any atom is -0.397 e. The molecule has 0 radical (unpaired) electrons. The molecule has 5 heteroatoms. The average Bonchev–Trinajstić information content (AvgIpc) is 2.75. The van der Waals surface area contributed by atoms with Gasteiger partial charge in [0.15, 0.2) is 0 Å². The molecule has 0 aliphatic rings. The maximum absolute atomic E-state index is 11.6. The van der Waals surface area contributed by atoms with E-state index in [1.54, 1.807) is 31.4 Å². The highest BCUT2D eigenvalue weighted by Crippen LogP contribution is 2.20. The minimum atomic E-state index is -0.135. The van der Waals surface area contributed by atoms with Gasteiger partial charge >= 0.3 is 0 Å². The number of nitrogen functional groups attached to an aromatic ring is 1. The van der Waals surface area contributed by atoms with Crippen molar-refractivity contribution in [3.63, 3.8) is 0 Å². The van der Waals surface area contributed by atoms with Crippen LogP contribution < -0.4 is 11.1 Å². The molecular weight excluding hydrogens is 216 g/mol.